The zero-order valence-corrected chi connectivity index (χ0v) is 9.11. The topological polar surface area (TPSA) is 35.5 Å². The second-order valence-corrected chi connectivity index (χ2v) is 4.06. The van der Waals surface area contributed by atoms with Crippen molar-refractivity contribution in [3.8, 4) is 5.75 Å². The van der Waals surface area contributed by atoms with Gasteiger partial charge in [0.15, 0.2) is 0 Å². The molecule has 0 aromatic heterocycles. The predicted molar refractivity (Wildman–Crippen MR) is 61.0 cm³/mol. The number of rotatable bonds is 2. The number of piperazine rings is 1. The number of hydrogen-bond acceptors (Lipinski definition) is 3. The van der Waals surface area contributed by atoms with Crippen molar-refractivity contribution in [2.24, 2.45) is 0 Å². The second kappa shape index (κ2) is 4.64. The Balaban J connectivity index is 2.08. The van der Waals surface area contributed by atoms with Gasteiger partial charge in [0, 0.05) is 32.2 Å². The highest BCUT2D eigenvalue weighted by molar-refractivity contribution is 5.29. The van der Waals surface area contributed by atoms with E-state index in [0.717, 1.165) is 26.2 Å². The van der Waals surface area contributed by atoms with Crippen LogP contribution in [0.1, 0.15) is 18.5 Å². The van der Waals surface area contributed by atoms with E-state index in [1.165, 1.54) is 5.56 Å². The number of nitrogens with zero attached hydrogens (tertiary/aromatic N) is 1. The monoisotopic (exact) mass is 206 g/mol. The Kier molecular flexibility index (Phi) is 3.23. The molecule has 1 heterocycles. The molecule has 82 valence electrons. The van der Waals surface area contributed by atoms with Crippen LogP contribution in [0.25, 0.3) is 0 Å². The number of benzene rings is 1. The molecular formula is C12H18N2O. The molecule has 0 unspecified atom stereocenters. The summed E-state index contributed by atoms with van der Waals surface area (Å²) in [6.07, 6.45) is 0. The van der Waals surface area contributed by atoms with Gasteiger partial charge in [-0.25, -0.2) is 0 Å². The van der Waals surface area contributed by atoms with Crippen molar-refractivity contribution in [3.63, 3.8) is 0 Å². The highest BCUT2D eigenvalue weighted by Crippen LogP contribution is 2.23. The summed E-state index contributed by atoms with van der Waals surface area (Å²) in [6.45, 7) is 6.47. The Morgan fingerprint density at radius 1 is 1.33 bits per heavy atom. The average Bonchev–Trinajstić information content (AvgIpc) is 2.29. The molecule has 0 amide bonds. The van der Waals surface area contributed by atoms with Crippen LogP contribution >= 0.6 is 0 Å². The predicted octanol–water partition coefficient (Wildman–Crippen LogP) is 1.36. The zero-order chi connectivity index (χ0) is 10.7. The first-order valence-electron chi connectivity index (χ1n) is 5.51. The summed E-state index contributed by atoms with van der Waals surface area (Å²) < 4.78 is 0. The van der Waals surface area contributed by atoms with E-state index in [-0.39, 0.29) is 0 Å². The molecule has 1 aromatic rings. The van der Waals surface area contributed by atoms with Crippen LogP contribution in [0.15, 0.2) is 24.3 Å². The summed E-state index contributed by atoms with van der Waals surface area (Å²) in [4.78, 5) is 2.44. The minimum absolute atomic E-state index is 0.356. The highest BCUT2D eigenvalue weighted by Gasteiger charge is 2.17. The van der Waals surface area contributed by atoms with Gasteiger partial charge in [-0.15, -0.1) is 0 Å². The largest absolute Gasteiger partial charge is 0.508 e. The molecule has 3 nitrogen and oxygen atoms in total. The third-order valence-electron chi connectivity index (χ3n) is 3.05. The number of phenolic OH excluding ortho intramolecular Hbond substituents is 1. The Morgan fingerprint density at radius 3 is 2.73 bits per heavy atom. The maximum Gasteiger partial charge on any atom is 0.115 e. The highest BCUT2D eigenvalue weighted by atomic mass is 16.3. The Hall–Kier alpha value is -1.06. The fraction of sp³-hybridized carbons (Fsp3) is 0.500. The molecule has 1 saturated heterocycles. The van der Waals surface area contributed by atoms with Crippen LogP contribution in [-0.4, -0.2) is 36.2 Å². The third kappa shape index (κ3) is 2.49. The van der Waals surface area contributed by atoms with Gasteiger partial charge in [0.05, 0.1) is 0 Å². The smallest absolute Gasteiger partial charge is 0.115 e. The normalized spacial score (nSPS) is 20.1. The molecule has 2 rings (SSSR count). The first-order chi connectivity index (χ1) is 7.27. The van der Waals surface area contributed by atoms with Crippen LogP contribution < -0.4 is 5.32 Å². The molecule has 15 heavy (non-hydrogen) atoms. The molecule has 1 atom stereocenters. The van der Waals surface area contributed by atoms with Gasteiger partial charge in [0.25, 0.3) is 0 Å². The van der Waals surface area contributed by atoms with Crippen LogP contribution in [0.3, 0.4) is 0 Å². The van der Waals surface area contributed by atoms with Gasteiger partial charge < -0.3 is 10.4 Å². The summed E-state index contributed by atoms with van der Waals surface area (Å²) in [5, 5.41) is 12.8. The lowest BCUT2D eigenvalue weighted by molar-refractivity contribution is 0.185. The first-order valence-corrected chi connectivity index (χ1v) is 5.51. The van der Waals surface area contributed by atoms with Crippen molar-refractivity contribution >= 4 is 0 Å². The molecule has 2 N–H and O–H groups in total. The van der Waals surface area contributed by atoms with Gasteiger partial charge in [-0.2, -0.15) is 0 Å². The molecule has 0 bridgehead atoms. The fourth-order valence-corrected chi connectivity index (χ4v) is 2.06. The molecule has 0 radical (unpaired) electrons. The van der Waals surface area contributed by atoms with Gasteiger partial charge in [-0.05, 0) is 24.6 Å². The zero-order valence-electron chi connectivity index (χ0n) is 9.11. The number of phenols is 1. The molecule has 1 fully saturated rings. The average molecular weight is 206 g/mol. The first kappa shape index (κ1) is 10.5. The van der Waals surface area contributed by atoms with Gasteiger partial charge in [0.2, 0.25) is 0 Å². The van der Waals surface area contributed by atoms with E-state index in [9.17, 15) is 5.11 Å². The van der Waals surface area contributed by atoms with E-state index in [0.29, 0.717) is 11.8 Å². The van der Waals surface area contributed by atoms with Gasteiger partial charge in [0.1, 0.15) is 5.75 Å². The Bertz CT molecular complexity index is 321. The summed E-state index contributed by atoms with van der Waals surface area (Å²) in [5.74, 6) is 0.356. The van der Waals surface area contributed by atoms with Crippen molar-refractivity contribution in [2.75, 3.05) is 26.2 Å². The van der Waals surface area contributed by atoms with Crippen molar-refractivity contribution in [3.05, 3.63) is 29.8 Å². The molecular weight excluding hydrogens is 188 g/mol. The van der Waals surface area contributed by atoms with E-state index >= 15 is 0 Å². The Labute approximate surface area is 90.7 Å². The number of hydrogen-bond donors (Lipinski definition) is 2. The minimum Gasteiger partial charge on any atom is -0.508 e. The van der Waals surface area contributed by atoms with Crippen LogP contribution in [0.5, 0.6) is 5.75 Å². The molecule has 3 heteroatoms. The lowest BCUT2D eigenvalue weighted by atomic mass is 10.1. The van der Waals surface area contributed by atoms with Crippen LogP contribution in [0.2, 0.25) is 0 Å². The quantitative estimate of drug-likeness (QED) is 0.767. The second-order valence-electron chi connectivity index (χ2n) is 4.06. The Morgan fingerprint density at radius 2 is 2.07 bits per heavy atom. The van der Waals surface area contributed by atoms with Crippen molar-refractivity contribution in [2.45, 2.75) is 13.0 Å². The van der Waals surface area contributed by atoms with Gasteiger partial charge >= 0.3 is 0 Å². The van der Waals surface area contributed by atoms with Gasteiger partial charge in [-0.3, -0.25) is 4.90 Å². The minimum atomic E-state index is 0.356. The summed E-state index contributed by atoms with van der Waals surface area (Å²) in [6, 6.07) is 7.94. The molecule has 0 saturated carbocycles. The van der Waals surface area contributed by atoms with E-state index in [4.69, 9.17) is 0 Å². The van der Waals surface area contributed by atoms with E-state index in [1.807, 2.05) is 12.1 Å². The summed E-state index contributed by atoms with van der Waals surface area (Å²) in [7, 11) is 0. The van der Waals surface area contributed by atoms with Crippen molar-refractivity contribution < 1.29 is 5.11 Å². The molecule has 1 aromatic carbocycles. The van der Waals surface area contributed by atoms with Crippen LogP contribution in [-0.2, 0) is 0 Å². The van der Waals surface area contributed by atoms with E-state index < -0.39 is 0 Å². The molecule has 1 aliphatic rings. The van der Waals surface area contributed by atoms with Crippen LogP contribution in [0.4, 0.5) is 0 Å². The fourth-order valence-electron chi connectivity index (χ4n) is 2.06. The van der Waals surface area contributed by atoms with Crippen molar-refractivity contribution in [1.82, 2.24) is 10.2 Å². The molecule has 0 spiro atoms. The maximum atomic E-state index is 9.43. The third-order valence-corrected chi connectivity index (χ3v) is 3.05. The summed E-state index contributed by atoms with van der Waals surface area (Å²) >= 11 is 0. The van der Waals surface area contributed by atoms with E-state index in [1.54, 1.807) is 6.07 Å². The molecule has 1 aliphatic heterocycles. The standard InChI is InChI=1S/C12H18N2O/c1-10(14-7-5-13-6-8-14)11-3-2-4-12(15)9-11/h2-4,9-10,13,15H,5-8H2,1H3/t10-/m0/s1. The number of aromatic hydroxyl groups is 1. The SMILES string of the molecule is C[C@@H](c1cccc(O)c1)N1CCNCC1. The van der Waals surface area contributed by atoms with Crippen molar-refractivity contribution in [1.29, 1.82) is 0 Å². The molecule has 0 aliphatic carbocycles. The summed E-state index contributed by atoms with van der Waals surface area (Å²) in [5.41, 5.74) is 1.19. The maximum absolute atomic E-state index is 9.43. The van der Waals surface area contributed by atoms with E-state index in [2.05, 4.69) is 23.2 Å². The van der Waals surface area contributed by atoms with Gasteiger partial charge in [-0.1, -0.05) is 12.1 Å². The number of nitrogens with one attached hydrogen (secondary N) is 1. The van der Waals surface area contributed by atoms with Crippen LogP contribution in [0, 0.1) is 0 Å². The lowest BCUT2D eigenvalue weighted by Gasteiger charge is -2.33. The lowest BCUT2D eigenvalue weighted by Crippen LogP contribution is -2.44.